The van der Waals surface area contributed by atoms with Gasteiger partial charge in [0.15, 0.2) is 0 Å². The standard InChI is InChI=1S/C25H21FN4O2/c1-17-29-30-25(32-17)13-4-18-2-10-22(11-3-18)28-24(31)12-7-20-16-27-15-14-23(20)19-5-8-21(26)9-6-19/h2-3,5-12,14-16H,4,13H2,1H3,(H,28,31). The van der Waals surface area contributed by atoms with Crippen molar-refractivity contribution in [3.8, 4) is 11.1 Å². The Kier molecular flexibility index (Phi) is 6.46. The molecule has 1 N–H and O–H groups in total. The Labute approximate surface area is 184 Å². The largest absolute Gasteiger partial charge is 0.426 e. The molecular weight excluding hydrogens is 407 g/mol. The highest BCUT2D eigenvalue weighted by Gasteiger charge is 2.06. The number of aromatic nitrogens is 3. The normalized spacial score (nSPS) is 11.1. The Morgan fingerprint density at radius 2 is 1.81 bits per heavy atom. The van der Waals surface area contributed by atoms with E-state index >= 15 is 0 Å². The molecule has 0 aliphatic heterocycles. The van der Waals surface area contributed by atoms with Gasteiger partial charge in [-0.2, -0.15) is 0 Å². The average molecular weight is 428 g/mol. The van der Waals surface area contributed by atoms with E-state index in [4.69, 9.17) is 4.42 Å². The smallest absolute Gasteiger partial charge is 0.248 e. The van der Waals surface area contributed by atoms with E-state index in [9.17, 15) is 9.18 Å². The van der Waals surface area contributed by atoms with Crippen molar-refractivity contribution in [2.75, 3.05) is 5.32 Å². The van der Waals surface area contributed by atoms with Gasteiger partial charge in [-0.3, -0.25) is 9.78 Å². The highest BCUT2D eigenvalue weighted by Crippen LogP contribution is 2.24. The minimum atomic E-state index is -0.296. The van der Waals surface area contributed by atoms with Gasteiger partial charge in [0.2, 0.25) is 17.7 Å². The van der Waals surface area contributed by atoms with Crippen LogP contribution in [0.3, 0.4) is 0 Å². The van der Waals surface area contributed by atoms with E-state index in [1.165, 1.54) is 18.2 Å². The van der Waals surface area contributed by atoms with Crippen LogP contribution in [0.4, 0.5) is 10.1 Å². The highest BCUT2D eigenvalue weighted by molar-refractivity contribution is 6.02. The number of anilines is 1. The average Bonchev–Trinajstić information content (AvgIpc) is 3.23. The highest BCUT2D eigenvalue weighted by atomic mass is 19.1. The molecule has 0 atom stereocenters. The third-order valence-electron chi connectivity index (χ3n) is 4.84. The van der Waals surface area contributed by atoms with E-state index in [0.29, 0.717) is 23.9 Å². The van der Waals surface area contributed by atoms with E-state index in [1.807, 2.05) is 30.3 Å². The molecule has 0 fully saturated rings. The molecule has 0 aliphatic rings. The van der Waals surface area contributed by atoms with Crippen molar-refractivity contribution in [2.24, 2.45) is 0 Å². The van der Waals surface area contributed by atoms with Gasteiger partial charge in [0, 0.05) is 43.1 Å². The van der Waals surface area contributed by atoms with Crippen molar-refractivity contribution in [1.29, 1.82) is 0 Å². The molecule has 0 saturated heterocycles. The zero-order valence-corrected chi connectivity index (χ0v) is 17.5. The second-order valence-corrected chi connectivity index (χ2v) is 7.20. The van der Waals surface area contributed by atoms with Gasteiger partial charge in [0.1, 0.15) is 5.82 Å². The summed E-state index contributed by atoms with van der Waals surface area (Å²) in [6.07, 6.45) is 7.91. The first kappa shape index (κ1) is 21.1. The van der Waals surface area contributed by atoms with Crippen molar-refractivity contribution in [2.45, 2.75) is 19.8 Å². The summed E-state index contributed by atoms with van der Waals surface area (Å²) in [7, 11) is 0. The fourth-order valence-electron chi connectivity index (χ4n) is 3.23. The maximum atomic E-state index is 13.2. The van der Waals surface area contributed by atoms with Gasteiger partial charge >= 0.3 is 0 Å². The molecule has 4 aromatic rings. The molecular formula is C25H21FN4O2. The number of carbonyl (C=O) groups excluding carboxylic acids is 1. The number of benzene rings is 2. The number of aryl methyl sites for hydroxylation is 3. The van der Waals surface area contributed by atoms with Crippen LogP contribution < -0.4 is 5.32 Å². The molecule has 4 rings (SSSR count). The lowest BCUT2D eigenvalue weighted by atomic mass is 10.0. The number of amides is 1. The molecule has 32 heavy (non-hydrogen) atoms. The van der Waals surface area contributed by atoms with Crippen molar-refractivity contribution in [3.05, 3.63) is 102 Å². The predicted molar refractivity (Wildman–Crippen MR) is 120 cm³/mol. The van der Waals surface area contributed by atoms with E-state index in [1.54, 1.807) is 37.5 Å². The molecule has 160 valence electrons. The number of halogens is 1. The third-order valence-corrected chi connectivity index (χ3v) is 4.84. The fraction of sp³-hybridized carbons (Fsp3) is 0.120. The van der Waals surface area contributed by atoms with Crippen LogP contribution in [-0.4, -0.2) is 21.1 Å². The number of hydrogen-bond acceptors (Lipinski definition) is 5. The summed E-state index contributed by atoms with van der Waals surface area (Å²) in [6.45, 7) is 1.76. The monoisotopic (exact) mass is 428 g/mol. The van der Waals surface area contributed by atoms with Crippen LogP contribution in [0, 0.1) is 12.7 Å². The topological polar surface area (TPSA) is 80.9 Å². The first-order valence-corrected chi connectivity index (χ1v) is 10.1. The quantitative estimate of drug-likeness (QED) is 0.418. The van der Waals surface area contributed by atoms with E-state index in [-0.39, 0.29) is 11.7 Å². The van der Waals surface area contributed by atoms with Gasteiger partial charge in [-0.05, 0) is 59.5 Å². The zero-order chi connectivity index (χ0) is 22.3. The van der Waals surface area contributed by atoms with Gasteiger partial charge in [0.25, 0.3) is 0 Å². The summed E-state index contributed by atoms with van der Waals surface area (Å²) >= 11 is 0. The van der Waals surface area contributed by atoms with Gasteiger partial charge in [0.05, 0.1) is 0 Å². The Morgan fingerprint density at radius 3 is 2.53 bits per heavy atom. The van der Waals surface area contributed by atoms with Crippen molar-refractivity contribution < 1.29 is 13.6 Å². The lowest BCUT2D eigenvalue weighted by molar-refractivity contribution is -0.111. The number of rotatable bonds is 7. The van der Waals surface area contributed by atoms with Gasteiger partial charge in [-0.15, -0.1) is 10.2 Å². The Morgan fingerprint density at radius 1 is 1.03 bits per heavy atom. The minimum Gasteiger partial charge on any atom is -0.426 e. The predicted octanol–water partition coefficient (Wildman–Crippen LogP) is 5.02. The molecule has 0 bridgehead atoms. The summed E-state index contributed by atoms with van der Waals surface area (Å²) < 4.78 is 18.6. The molecule has 7 heteroatoms. The molecule has 0 aliphatic carbocycles. The van der Waals surface area contributed by atoms with Crippen LogP contribution >= 0.6 is 0 Å². The second kappa shape index (κ2) is 9.78. The lowest BCUT2D eigenvalue weighted by Crippen LogP contribution is -2.07. The van der Waals surface area contributed by atoms with Crippen LogP contribution in [0.1, 0.15) is 22.9 Å². The van der Waals surface area contributed by atoms with Crippen LogP contribution in [-0.2, 0) is 17.6 Å². The van der Waals surface area contributed by atoms with Crippen molar-refractivity contribution >= 4 is 17.7 Å². The minimum absolute atomic E-state index is 0.256. The summed E-state index contributed by atoms with van der Waals surface area (Å²) in [4.78, 5) is 16.5. The number of carbonyl (C=O) groups is 1. The maximum absolute atomic E-state index is 13.2. The van der Waals surface area contributed by atoms with Crippen LogP contribution in [0.2, 0.25) is 0 Å². The third kappa shape index (κ3) is 5.51. The fourth-order valence-corrected chi connectivity index (χ4v) is 3.23. The summed E-state index contributed by atoms with van der Waals surface area (Å²) in [5, 5.41) is 10.7. The molecule has 2 heterocycles. The van der Waals surface area contributed by atoms with Crippen LogP contribution in [0.15, 0.2) is 77.5 Å². The summed E-state index contributed by atoms with van der Waals surface area (Å²) in [5.74, 6) is 0.616. The second-order valence-electron chi connectivity index (χ2n) is 7.20. The number of hydrogen-bond donors (Lipinski definition) is 1. The zero-order valence-electron chi connectivity index (χ0n) is 17.5. The molecule has 2 aromatic carbocycles. The summed E-state index contributed by atoms with van der Waals surface area (Å²) in [6, 6.07) is 15.7. The molecule has 0 saturated carbocycles. The van der Waals surface area contributed by atoms with Gasteiger partial charge in [-0.25, -0.2) is 4.39 Å². The Balaban J connectivity index is 1.37. The maximum Gasteiger partial charge on any atom is 0.248 e. The van der Waals surface area contributed by atoms with E-state index in [2.05, 4.69) is 20.5 Å². The molecule has 6 nitrogen and oxygen atoms in total. The van der Waals surface area contributed by atoms with Gasteiger partial charge in [-0.1, -0.05) is 24.3 Å². The number of pyridine rings is 1. The first-order valence-electron chi connectivity index (χ1n) is 10.1. The van der Waals surface area contributed by atoms with Gasteiger partial charge < -0.3 is 9.73 Å². The van der Waals surface area contributed by atoms with E-state index in [0.717, 1.165) is 28.7 Å². The van der Waals surface area contributed by atoms with Crippen molar-refractivity contribution in [3.63, 3.8) is 0 Å². The number of nitrogens with zero attached hydrogens (tertiary/aromatic N) is 3. The Hall–Kier alpha value is -4.13. The molecule has 2 aromatic heterocycles. The molecule has 0 spiro atoms. The first-order chi connectivity index (χ1) is 15.6. The molecule has 0 unspecified atom stereocenters. The van der Waals surface area contributed by atoms with Crippen molar-refractivity contribution in [1.82, 2.24) is 15.2 Å². The number of nitrogens with one attached hydrogen (secondary N) is 1. The van der Waals surface area contributed by atoms with Crippen LogP contribution in [0.25, 0.3) is 17.2 Å². The SMILES string of the molecule is Cc1nnc(CCc2ccc(NC(=O)C=Cc3cnccc3-c3ccc(F)cc3)cc2)o1. The Bertz CT molecular complexity index is 1230. The summed E-state index contributed by atoms with van der Waals surface area (Å²) in [5.41, 5.74) is 4.28. The van der Waals surface area contributed by atoms with E-state index < -0.39 is 0 Å². The van der Waals surface area contributed by atoms with Crippen LogP contribution in [0.5, 0.6) is 0 Å². The lowest BCUT2D eigenvalue weighted by Gasteiger charge is -2.06. The molecule has 0 radical (unpaired) electrons. The molecule has 1 amide bonds.